The summed E-state index contributed by atoms with van der Waals surface area (Å²) in [4.78, 5) is 10.4. The first-order valence-corrected chi connectivity index (χ1v) is 5.74. The van der Waals surface area contributed by atoms with Crippen molar-refractivity contribution in [2.24, 2.45) is 5.92 Å². The standard InChI is InChI=1S/C10H16ClN3O2/c1-4-5-8-9(14(15)16)10(11)13(12-8)6-7(2)3/h7H,4-6H2,1-3H3. The van der Waals surface area contributed by atoms with Gasteiger partial charge in [0, 0.05) is 6.54 Å². The van der Waals surface area contributed by atoms with Gasteiger partial charge >= 0.3 is 5.69 Å². The summed E-state index contributed by atoms with van der Waals surface area (Å²) in [6.07, 6.45) is 1.40. The lowest BCUT2D eigenvalue weighted by atomic mass is 10.2. The molecule has 0 aliphatic heterocycles. The molecule has 5 nitrogen and oxygen atoms in total. The molecule has 0 saturated carbocycles. The van der Waals surface area contributed by atoms with Gasteiger partial charge in [-0.3, -0.25) is 10.1 Å². The highest BCUT2D eigenvalue weighted by Gasteiger charge is 2.25. The van der Waals surface area contributed by atoms with Gasteiger partial charge in [-0.15, -0.1) is 0 Å². The van der Waals surface area contributed by atoms with E-state index in [0.717, 1.165) is 6.42 Å². The first-order chi connectivity index (χ1) is 7.47. The number of hydrogen-bond acceptors (Lipinski definition) is 3. The quantitative estimate of drug-likeness (QED) is 0.592. The van der Waals surface area contributed by atoms with Crippen LogP contribution in [0.3, 0.4) is 0 Å². The highest BCUT2D eigenvalue weighted by Crippen LogP contribution is 2.29. The molecule has 0 N–H and O–H groups in total. The molecule has 0 aliphatic carbocycles. The van der Waals surface area contributed by atoms with Crippen LogP contribution in [-0.4, -0.2) is 14.7 Å². The summed E-state index contributed by atoms with van der Waals surface area (Å²) >= 11 is 5.96. The molecule has 6 heteroatoms. The van der Waals surface area contributed by atoms with E-state index in [1.54, 1.807) is 0 Å². The van der Waals surface area contributed by atoms with Crippen LogP contribution < -0.4 is 0 Å². The zero-order valence-electron chi connectivity index (χ0n) is 9.73. The van der Waals surface area contributed by atoms with E-state index in [2.05, 4.69) is 5.10 Å². The van der Waals surface area contributed by atoms with Crippen LogP contribution in [0, 0.1) is 16.0 Å². The van der Waals surface area contributed by atoms with Crippen molar-refractivity contribution in [2.45, 2.75) is 40.2 Å². The molecule has 0 saturated heterocycles. The zero-order valence-corrected chi connectivity index (χ0v) is 10.5. The van der Waals surface area contributed by atoms with Gasteiger partial charge in [0.25, 0.3) is 0 Å². The predicted molar refractivity (Wildman–Crippen MR) is 62.7 cm³/mol. The molecule has 1 heterocycles. The molecule has 1 rings (SSSR count). The van der Waals surface area contributed by atoms with Crippen LogP contribution in [0.4, 0.5) is 5.69 Å². The van der Waals surface area contributed by atoms with E-state index < -0.39 is 4.92 Å². The number of hydrogen-bond donors (Lipinski definition) is 0. The summed E-state index contributed by atoms with van der Waals surface area (Å²) < 4.78 is 1.52. The zero-order chi connectivity index (χ0) is 12.3. The number of halogens is 1. The Morgan fingerprint density at radius 2 is 2.19 bits per heavy atom. The SMILES string of the molecule is CCCc1nn(CC(C)C)c(Cl)c1[N+](=O)[O-]. The van der Waals surface area contributed by atoms with Crippen LogP contribution >= 0.6 is 11.6 Å². The fourth-order valence-corrected chi connectivity index (χ4v) is 1.82. The first-order valence-electron chi connectivity index (χ1n) is 5.36. The van der Waals surface area contributed by atoms with Gasteiger partial charge < -0.3 is 0 Å². The average Bonchev–Trinajstić information content (AvgIpc) is 2.43. The lowest BCUT2D eigenvalue weighted by Crippen LogP contribution is -2.06. The number of rotatable bonds is 5. The largest absolute Gasteiger partial charge is 0.329 e. The molecule has 0 unspecified atom stereocenters. The predicted octanol–water partition coefficient (Wildman–Crippen LogP) is 3.05. The van der Waals surface area contributed by atoms with Crippen molar-refractivity contribution in [2.75, 3.05) is 0 Å². The van der Waals surface area contributed by atoms with Crippen molar-refractivity contribution in [1.29, 1.82) is 0 Å². The van der Waals surface area contributed by atoms with E-state index in [4.69, 9.17) is 11.6 Å². The van der Waals surface area contributed by atoms with E-state index in [1.807, 2.05) is 20.8 Å². The average molecular weight is 246 g/mol. The van der Waals surface area contributed by atoms with Gasteiger partial charge in [-0.2, -0.15) is 5.10 Å². The van der Waals surface area contributed by atoms with E-state index in [9.17, 15) is 10.1 Å². The summed E-state index contributed by atoms with van der Waals surface area (Å²) in [5.74, 6) is 0.353. The van der Waals surface area contributed by atoms with E-state index in [0.29, 0.717) is 24.6 Å². The molecular weight excluding hydrogens is 230 g/mol. The Morgan fingerprint density at radius 1 is 1.56 bits per heavy atom. The van der Waals surface area contributed by atoms with Gasteiger partial charge in [-0.25, -0.2) is 4.68 Å². The second-order valence-electron chi connectivity index (χ2n) is 4.17. The van der Waals surface area contributed by atoms with Gasteiger partial charge in [-0.05, 0) is 12.3 Å². The molecule has 0 aromatic carbocycles. The third-order valence-corrected chi connectivity index (χ3v) is 2.52. The third kappa shape index (κ3) is 2.72. The molecule has 0 radical (unpaired) electrons. The fraction of sp³-hybridized carbons (Fsp3) is 0.700. The van der Waals surface area contributed by atoms with Crippen molar-refractivity contribution >= 4 is 17.3 Å². The Labute approximate surface area is 99.5 Å². The second kappa shape index (κ2) is 5.30. The summed E-state index contributed by atoms with van der Waals surface area (Å²) in [5.41, 5.74) is 0.447. The monoisotopic (exact) mass is 245 g/mol. The van der Waals surface area contributed by atoms with Crippen molar-refractivity contribution in [1.82, 2.24) is 9.78 Å². The number of nitrogens with zero attached hydrogens (tertiary/aromatic N) is 3. The number of aromatic nitrogens is 2. The molecule has 0 amide bonds. The van der Waals surface area contributed by atoms with E-state index >= 15 is 0 Å². The van der Waals surface area contributed by atoms with Gasteiger partial charge in [0.05, 0.1) is 4.92 Å². The Bertz CT molecular complexity index is 388. The van der Waals surface area contributed by atoms with Crippen LogP contribution in [0.1, 0.15) is 32.9 Å². The summed E-state index contributed by atoms with van der Waals surface area (Å²) in [6.45, 7) is 6.59. The maximum Gasteiger partial charge on any atom is 0.329 e. The Hall–Kier alpha value is -1.10. The van der Waals surface area contributed by atoms with Crippen LogP contribution in [0.25, 0.3) is 0 Å². The molecular formula is C10H16ClN3O2. The molecule has 16 heavy (non-hydrogen) atoms. The maximum absolute atomic E-state index is 10.9. The van der Waals surface area contributed by atoms with Crippen LogP contribution in [0.2, 0.25) is 5.15 Å². The minimum absolute atomic E-state index is 0.0378. The lowest BCUT2D eigenvalue weighted by molar-refractivity contribution is -0.385. The molecule has 1 aromatic rings. The number of nitro groups is 1. The minimum atomic E-state index is -0.447. The van der Waals surface area contributed by atoms with Crippen LogP contribution in [-0.2, 0) is 13.0 Å². The van der Waals surface area contributed by atoms with Crippen molar-refractivity contribution in [3.8, 4) is 0 Å². The lowest BCUT2D eigenvalue weighted by Gasteiger charge is -2.04. The third-order valence-electron chi connectivity index (χ3n) is 2.14. The van der Waals surface area contributed by atoms with Gasteiger partial charge in [0.2, 0.25) is 5.15 Å². The Balaban J connectivity index is 3.13. The number of aryl methyl sites for hydroxylation is 1. The van der Waals surface area contributed by atoms with Crippen molar-refractivity contribution in [3.05, 3.63) is 21.0 Å². The van der Waals surface area contributed by atoms with Gasteiger partial charge in [0.1, 0.15) is 5.69 Å². The molecule has 0 spiro atoms. The summed E-state index contributed by atoms with van der Waals surface area (Å²) in [5, 5.41) is 15.2. The highest BCUT2D eigenvalue weighted by molar-refractivity contribution is 6.31. The van der Waals surface area contributed by atoms with Crippen LogP contribution in [0.5, 0.6) is 0 Å². The first kappa shape index (κ1) is 13.0. The van der Waals surface area contributed by atoms with E-state index in [-0.39, 0.29) is 10.8 Å². The van der Waals surface area contributed by atoms with Gasteiger partial charge in [0.15, 0.2) is 0 Å². The van der Waals surface area contributed by atoms with Crippen LogP contribution in [0.15, 0.2) is 0 Å². The fourth-order valence-electron chi connectivity index (χ4n) is 1.53. The summed E-state index contributed by atoms with van der Waals surface area (Å²) in [7, 11) is 0. The maximum atomic E-state index is 10.9. The molecule has 0 aliphatic rings. The van der Waals surface area contributed by atoms with E-state index in [1.165, 1.54) is 4.68 Å². The Kier molecular flexibility index (Phi) is 4.29. The highest BCUT2D eigenvalue weighted by atomic mass is 35.5. The molecule has 0 atom stereocenters. The Morgan fingerprint density at radius 3 is 2.62 bits per heavy atom. The normalized spacial score (nSPS) is 11.1. The summed E-state index contributed by atoms with van der Waals surface area (Å²) in [6, 6.07) is 0. The smallest absolute Gasteiger partial charge is 0.258 e. The topological polar surface area (TPSA) is 61.0 Å². The van der Waals surface area contributed by atoms with Crippen molar-refractivity contribution < 1.29 is 4.92 Å². The molecule has 90 valence electrons. The second-order valence-corrected chi connectivity index (χ2v) is 4.53. The molecule has 0 bridgehead atoms. The van der Waals surface area contributed by atoms with Gasteiger partial charge in [-0.1, -0.05) is 38.8 Å². The minimum Gasteiger partial charge on any atom is -0.258 e. The van der Waals surface area contributed by atoms with Crippen molar-refractivity contribution in [3.63, 3.8) is 0 Å². The molecule has 1 aromatic heterocycles. The molecule has 0 fully saturated rings.